The van der Waals surface area contributed by atoms with Gasteiger partial charge in [-0.05, 0) is 75.4 Å². The fourth-order valence-corrected chi connectivity index (χ4v) is 4.18. The maximum absolute atomic E-state index is 13.1. The molecule has 0 aromatic heterocycles. The largest absolute Gasteiger partial charge is 0.507 e. The van der Waals surface area contributed by atoms with E-state index in [1.165, 1.54) is 4.90 Å². The second kappa shape index (κ2) is 9.94. The van der Waals surface area contributed by atoms with Gasteiger partial charge in [-0.15, -0.1) is 0 Å². The number of rotatable bonds is 7. The first-order chi connectivity index (χ1) is 15.1. The Labute approximate surface area is 198 Å². The van der Waals surface area contributed by atoms with Gasteiger partial charge in [-0.25, -0.2) is 0 Å². The standard InChI is InChI=1S/C24H26Cl2N2O4/c1-14-12-16(32-4)7-8-17(14)22(29)20-21(15-6-9-18(25)19(26)13-15)28(24(31)23(20)30)11-5-10-27(2)3/h6-9,12-13,21,29H,5,10-11H2,1-4H3/t21-/m1/s1. The third-order valence-corrected chi connectivity index (χ3v) is 6.23. The number of likely N-dealkylation sites (tertiary alicyclic amines) is 1. The van der Waals surface area contributed by atoms with Crippen LogP contribution in [0.3, 0.4) is 0 Å². The first-order valence-corrected chi connectivity index (χ1v) is 10.9. The van der Waals surface area contributed by atoms with Crippen LogP contribution in [-0.2, 0) is 9.59 Å². The number of amides is 1. The molecule has 1 aliphatic rings. The Bertz CT molecular complexity index is 1080. The number of Topliss-reactive ketones (excluding diaryl/α,β-unsaturated/α-hetero) is 1. The van der Waals surface area contributed by atoms with E-state index in [-0.39, 0.29) is 11.3 Å². The topological polar surface area (TPSA) is 70.1 Å². The molecule has 2 aromatic rings. The predicted molar refractivity (Wildman–Crippen MR) is 126 cm³/mol. The molecule has 1 atom stereocenters. The molecule has 3 rings (SSSR count). The number of aliphatic hydroxyl groups is 1. The van der Waals surface area contributed by atoms with Crippen molar-refractivity contribution in [3.05, 3.63) is 68.7 Å². The lowest BCUT2D eigenvalue weighted by Gasteiger charge is -2.26. The zero-order chi connectivity index (χ0) is 23.6. The van der Waals surface area contributed by atoms with Gasteiger partial charge in [0.2, 0.25) is 0 Å². The Morgan fingerprint density at radius 1 is 1.12 bits per heavy atom. The van der Waals surface area contributed by atoms with E-state index >= 15 is 0 Å². The number of hydrogen-bond donors (Lipinski definition) is 1. The molecule has 1 aliphatic heterocycles. The van der Waals surface area contributed by atoms with E-state index in [1.54, 1.807) is 50.4 Å². The number of ether oxygens (including phenoxy) is 1. The summed E-state index contributed by atoms with van der Waals surface area (Å²) in [5, 5.41) is 11.9. The Morgan fingerprint density at radius 3 is 2.44 bits per heavy atom. The molecule has 6 nitrogen and oxygen atoms in total. The van der Waals surface area contributed by atoms with E-state index in [9.17, 15) is 14.7 Å². The average Bonchev–Trinajstić information content (AvgIpc) is 3.00. The second-order valence-corrected chi connectivity index (χ2v) is 8.82. The Balaban J connectivity index is 2.15. The molecule has 8 heteroatoms. The van der Waals surface area contributed by atoms with Crippen molar-refractivity contribution >= 4 is 40.7 Å². The molecule has 1 amide bonds. The fraction of sp³-hybridized carbons (Fsp3) is 0.333. The predicted octanol–water partition coefficient (Wildman–Crippen LogP) is 4.68. The lowest BCUT2D eigenvalue weighted by molar-refractivity contribution is -0.139. The lowest BCUT2D eigenvalue weighted by Crippen LogP contribution is -2.32. The summed E-state index contributed by atoms with van der Waals surface area (Å²) in [6.07, 6.45) is 0.666. The Morgan fingerprint density at radius 2 is 1.84 bits per heavy atom. The van der Waals surface area contributed by atoms with Gasteiger partial charge >= 0.3 is 0 Å². The number of aryl methyl sites for hydroxylation is 1. The van der Waals surface area contributed by atoms with Crippen molar-refractivity contribution < 1.29 is 19.4 Å². The monoisotopic (exact) mass is 476 g/mol. The molecule has 0 bridgehead atoms. The maximum atomic E-state index is 13.1. The molecule has 0 unspecified atom stereocenters. The van der Waals surface area contributed by atoms with E-state index in [0.29, 0.717) is 45.5 Å². The molecule has 170 valence electrons. The van der Waals surface area contributed by atoms with Crippen molar-refractivity contribution in [3.8, 4) is 5.75 Å². The number of halogens is 2. The molecule has 1 N–H and O–H groups in total. The van der Waals surface area contributed by atoms with E-state index in [1.807, 2.05) is 19.0 Å². The van der Waals surface area contributed by atoms with Crippen LogP contribution in [0, 0.1) is 6.92 Å². The molecule has 0 radical (unpaired) electrons. The van der Waals surface area contributed by atoms with Gasteiger partial charge in [-0.3, -0.25) is 9.59 Å². The van der Waals surface area contributed by atoms with Crippen LogP contribution in [-0.4, -0.2) is 60.9 Å². The number of benzene rings is 2. The molecular formula is C24H26Cl2N2O4. The summed E-state index contributed by atoms with van der Waals surface area (Å²) in [5.41, 5.74) is 1.82. The van der Waals surface area contributed by atoms with Crippen LogP contribution < -0.4 is 4.74 Å². The number of aliphatic hydroxyl groups excluding tert-OH is 1. The molecule has 0 spiro atoms. The van der Waals surface area contributed by atoms with Gasteiger partial charge in [0.1, 0.15) is 11.5 Å². The Kier molecular flexibility index (Phi) is 7.49. The van der Waals surface area contributed by atoms with Crippen LogP contribution in [0.1, 0.15) is 29.2 Å². The van der Waals surface area contributed by atoms with Crippen LogP contribution >= 0.6 is 23.2 Å². The van der Waals surface area contributed by atoms with E-state index < -0.39 is 17.7 Å². The highest BCUT2D eigenvalue weighted by Gasteiger charge is 2.46. The van der Waals surface area contributed by atoms with Crippen molar-refractivity contribution in [3.63, 3.8) is 0 Å². The van der Waals surface area contributed by atoms with Crippen LogP contribution in [0.15, 0.2) is 42.0 Å². The minimum Gasteiger partial charge on any atom is -0.507 e. The second-order valence-electron chi connectivity index (χ2n) is 8.00. The molecule has 2 aromatic carbocycles. The molecule has 1 fully saturated rings. The van der Waals surface area contributed by atoms with Crippen LogP contribution in [0.4, 0.5) is 0 Å². The summed E-state index contributed by atoms with van der Waals surface area (Å²) in [4.78, 5) is 29.6. The van der Waals surface area contributed by atoms with Crippen molar-refractivity contribution in [1.82, 2.24) is 9.80 Å². The van der Waals surface area contributed by atoms with Crippen molar-refractivity contribution in [1.29, 1.82) is 0 Å². The van der Waals surface area contributed by atoms with Crippen LogP contribution in [0.2, 0.25) is 10.0 Å². The van der Waals surface area contributed by atoms with Crippen molar-refractivity contribution in [2.24, 2.45) is 0 Å². The fourth-order valence-electron chi connectivity index (χ4n) is 3.87. The SMILES string of the molecule is COc1ccc(C(O)=C2C(=O)C(=O)N(CCCN(C)C)[C@@H]2c2ccc(Cl)c(Cl)c2)c(C)c1. The number of carbonyl (C=O) groups excluding carboxylic acids is 2. The van der Waals surface area contributed by atoms with Gasteiger partial charge in [-0.2, -0.15) is 0 Å². The Hall–Kier alpha value is -2.54. The van der Waals surface area contributed by atoms with E-state index in [2.05, 4.69) is 0 Å². The van der Waals surface area contributed by atoms with Gasteiger partial charge in [0.05, 0.1) is 28.8 Å². The summed E-state index contributed by atoms with van der Waals surface area (Å²) in [6.45, 7) is 2.90. The number of methoxy groups -OCH3 is 1. The van der Waals surface area contributed by atoms with Crippen LogP contribution in [0.25, 0.3) is 5.76 Å². The lowest BCUT2D eigenvalue weighted by atomic mass is 9.94. The van der Waals surface area contributed by atoms with Gasteiger partial charge in [-0.1, -0.05) is 29.3 Å². The zero-order valence-electron chi connectivity index (χ0n) is 18.5. The number of ketones is 1. The summed E-state index contributed by atoms with van der Waals surface area (Å²) >= 11 is 12.3. The third kappa shape index (κ3) is 4.77. The number of nitrogens with zero attached hydrogens (tertiary/aromatic N) is 2. The molecule has 0 saturated carbocycles. The molecular weight excluding hydrogens is 451 g/mol. The van der Waals surface area contributed by atoms with E-state index in [4.69, 9.17) is 27.9 Å². The minimum atomic E-state index is -0.770. The van der Waals surface area contributed by atoms with Crippen molar-refractivity contribution in [2.75, 3.05) is 34.3 Å². The summed E-state index contributed by atoms with van der Waals surface area (Å²) in [5.74, 6) is -0.968. The van der Waals surface area contributed by atoms with E-state index in [0.717, 1.165) is 6.54 Å². The van der Waals surface area contributed by atoms with Gasteiger partial charge < -0.3 is 19.6 Å². The van der Waals surface area contributed by atoms with Gasteiger partial charge in [0.25, 0.3) is 11.7 Å². The third-order valence-electron chi connectivity index (χ3n) is 5.49. The highest BCUT2D eigenvalue weighted by atomic mass is 35.5. The summed E-state index contributed by atoms with van der Waals surface area (Å²) in [7, 11) is 5.44. The number of hydrogen-bond acceptors (Lipinski definition) is 5. The zero-order valence-corrected chi connectivity index (χ0v) is 20.0. The van der Waals surface area contributed by atoms with Crippen LogP contribution in [0.5, 0.6) is 5.75 Å². The minimum absolute atomic E-state index is 0.0338. The normalized spacial score (nSPS) is 18.0. The number of carbonyl (C=O) groups is 2. The smallest absolute Gasteiger partial charge is 0.295 e. The molecule has 0 aliphatic carbocycles. The van der Waals surface area contributed by atoms with Gasteiger partial charge in [0.15, 0.2) is 0 Å². The van der Waals surface area contributed by atoms with Crippen molar-refractivity contribution in [2.45, 2.75) is 19.4 Å². The van der Waals surface area contributed by atoms with Gasteiger partial charge in [0, 0.05) is 12.1 Å². The molecule has 1 heterocycles. The summed E-state index contributed by atoms with van der Waals surface area (Å²) in [6, 6.07) is 9.34. The highest BCUT2D eigenvalue weighted by Crippen LogP contribution is 2.41. The first-order valence-electron chi connectivity index (χ1n) is 10.2. The molecule has 1 saturated heterocycles. The molecule has 32 heavy (non-hydrogen) atoms. The quantitative estimate of drug-likeness (QED) is 0.356. The summed E-state index contributed by atoms with van der Waals surface area (Å²) < 4.78 is 5.23. The first kappa shape index (κ1) is 24.1. The maximum Gasteiger partial charge on any atom is 0.295 e. The highest BCUT2D eigenvalue weighted by molar-refractivity contribution is 6.47. The average molecular weight is 477 g/mol.